The topological polar surface area (TPSA) is 90.0 Å². The quantitative estimate of drug-likeness (QED) is 0.814. The molecule has 1 aromatic carbocycles. The van der Waals surface area contributed by atoms with Crippen molar-refractivity contribution < 1.29 is 9.18 Å². The predicted octanol–water partition coefficient (Wildman–Crippen LogP) is 1.38. The Bertz CT molecular complexity index is 699. The highest BCUT2D eigenvalue weighted by Gasteiger charge is 2.07. The number of nitrogens with zero attached hydrogens (tertiary/aromatic N) is 2. The first-order valence-corrected chi connectivity index (χ1v) is 6.43. The van der Waals surface area contributed by atoms with E-state index in [-0.39, 0.29) is 23.6 Å². The molecule has 0 aliphatic carbocycles. The maximum Gasteiger partial charge on any atom is 0.266 e. The van der Waals surface area contributed by atoms with E-state index in [1.165, 1.54) is 35.1 Å². The molecule has 0 saturated carbocycles. The van der Waals surface area contributed by atoms with Crippen LogP contribution in [-0.4, -0.2) is 15.7 Å². The maximum absolute atomic E-state index is 13.4. The minimum absolute atomic E-state index is 0.0509. The van der Waals surface area contributed by atoms with Gasteiger partial charge in [-0.1, -0.05) is 0 Å². The number of anilines is 2. The molecule has 3 N–H and O–H groups in total. The van der Waals surface area contributed by atoms with Crippen molar-refractivity contribution in [3.63, 3.8) is 0 Å². The molecule has 0 aliphatic heterocycles. The van der Waals surface area contributed by atoms with Gasteiger partial charge in [0, 0.05) is 30.9 Å². The molecule has 0 fully saturated rings. The fourth-order valence-corrected chi connectivity index (χ4v) is 1.80. The van der Waals surface area contributed by atoms with Gasteiger partial charge in [0.15, 0.2) is 0 Å². The minimum atomic E-state index is -0.543. The highest BCUT2D eigenvalue weighted by molar-refractivity contribution is 5.91. The normalized spacial score (nSPS) is 10.3. The summed E-state index contributed by atoms with van der Waals surface area (Å²) in [5.41, 5.74) is 5.73. The van der Waals surface area contributed by atoms with Crippen molar-refractivity contribution in [1.82, 2.24) is 9.78 Å². The van der Waals surface area contributed by atoms with Crippen molar-refractivity contribution in [2.45, 2.75) is 19.4 Å². The Morgan fingerprint density at radius 2 is 2.19 bits per heavy atom. The molecule has 0 spiro atoms. The van der Waals surface area contributed by atoms with Crippen LogP contribution >= 0.6 is 0 Å². The van der Waals surface area contributed by atoms with E-state index in [1.807, 2.05) is 0 Å². The Hall–Kier alpha value is -2.70. The Morgan fingerprint density at radius 1 is 1.38 bits per heavy atom. The first-order chi connectivity index (χ1) is 10.1. The van der Waals surface area contributed by atoms with E-state index in [1.54, 1.807) is 6.07 Å². The first kappa shape index (κ1) is 14.7. The number of hydrogen-bond donors (Lipinski definition) is 2. The van der Waals surface area contributed by atoms with E-state index in [0.717, 1.165) is 0 Å². The molecule has 2 aromatic rings. The summed E-state index contributed by atoms with van der Waals surface area (Å²) in [6.07, 6.45) is 2.08. The summed E-state index contributed by atoms with van der Waals surface area (Å²) in [7, 11) is 0. The molecule has 110 valence electrons. The minimum Gasteiger partial charge on any atom is -0.399 e. The summed E-state index contributed by atoms with van der Waals surface area (Å²) < 4.78 is 14.7. The number of aromatic nitrogens is 2. The number of nitrogens with two attached hydrogens (primary N) is 1. The molecule has 1 heterocycles. The standard InChI is InChI=1S/C14H15FN4O2/c15-11-6-5-10(16)9-12(11)18-13(20)3-2-8-19-14(21)4-1-7-17-19/h1,4-7,9H,2-3,8,16H2,(H,18,20). The van der Waals surface area contributed by atoms with Gasteiger partial charge >= 0.3 is 0 Å². The van der Waals surface area contributed by atoms with Gasteiger partial charge in [0.1, 0.15) is 5.82 Å². The lowest BCUT2D eigenvalue weighted by atomic mass is 10.2. The molecule has 7 heteroatoms. The number of rotatable bonds is 5. The second-order valence-corrected chi connectivity index (χ2v) is 4.48. The van der Waals surface area contributed by atoms with Gasteiger partial charge in [0.05, 0.1) is 5.69 Å². The number of benzene rings is 1. The van der Waals surface area contributed by atoms with Gasteiger partial charge in [-0.05, 0) is 30.7 Å². The molecule has 0 saturated heterocycles. The van der Waals surface area contributed by atoms with Crippen molar-refractivity contribution in [3.05, 3.63) is 52.7 Å². The molecular weight excluding hydrogens is 275 g/mol. The first-order valence-electron chi connectivity index (χ1n) is 6.43. The number of carbonyl (C=O) groups is 1. The molecule has 0 unspecified atom stereocenters. The number of aryl methyl sites for hydroxylation is 1. The SMILES string of the molecule is Nc1ccc(F)c(NC(=O)CCCn2ncccc2=O)c1. The van der Waals surface area contributed by atoms with E-state index in [9.17, 15) is 14.0 Å². The second-order valence-electron chi connectivity index (χ2n) is 4.48. The highest BCUT2D eigenvalue weighted by atomic mass is 19.1. The molecule has 1 aromatic heterocycles. The molecule has 0 bridgehead atoms. The fraction of sp³-hybridized carbons (Fsp3) is 0.214. The van der Waals surface area contributed by atoms with Crippen LogP contribution in [-0.2, 0) is 11.3 Å². The van der Waals surface area contributed by atoms with Crippen LogP contribution in [0.15, 0.2) is 41.3 Å². The van der Waals surface area contributed by atoms with Crippen LogP contribution in [0.25, 0.3) is 0 Å². The summed E-state index contributed by atoms with van der Waals surface area (Å²) in [5.74, 6) is -0.887. The lowest BCUT2D eigenvalue weighted by Crippen LogP contribution is -2.22. The Labute approximate surface area is 120 Å². The van der Waals surface area contributed by atoms with Crippen molar-refractivity contribution in [1.29, 1.82) is 0 Å². The van der Waals surface area contributed by atoms with E-state index < -0.39 is 5.82 Å². The third-order valence-corrected chi connectivity index (χ3v) is 2.82. The number of halogens is 1. The number of amides is 1. The molecule has 0 radical (unpaired) electrons. The zero-order valence-electron chi connectivity index (χ0n) is 11.3. The monoisotopic (exact) mass is 290 g/mol. The zero-order chi connectivity index (χ0) is 15.2. The van der Waals surface area contributed by atoms with E-state index >= 15 is 0 Å². The smallest absolute Gasteiger partial charge is 0.266 e. The van der Waals surface area contributed by atoms with E-state index in [0.29, 0.717) is 18.7 Å². The van der Waals surface area contributed by atoms with Crippen molar-refractivity contribution >= 4 is 17.3 Å². The number of nitrogens with one attached hydrogen (secondary N) is 1. The zero-order valence-corrected chi connectivity index (χ0v) is 11.3. The van der Waals surface area contributed by atoms with Crippen LogP contribution in [0.4, 0.5) is 15.8 Å². The average molecular weight is 290 g/mol. The van der Waals surface area contributed by atoms with Gasteiger partial charge in [-0.25, -0.2) is 9.07 Å². The summed E-state index contributed by atoms with van der Waals surface area (Å²) in [5, 5.41) is 6.33. The van der Waals surface area contributed by atoms with Gasteiger partial charge in [-0.3, -0.25) is 9.59 Å². The molecule has 2 rings (SSSR count). The fourth-order valence-electron chi connectivity index (χ4n) is 1.80. The molecule has 6 nitrogen and oxygen atoms in total. The van der Waals surface area contributed by atoms with Gasteiger partial charge in [0.2, 0.25) is 5.91 Å². The lowest BCUT2D eigenvalue weighted by Gasteiger charge is -2.07. The highest BCUT2D eigenvalue weighted by Crippen LogP contribution is 2.17. The summed E-state index contributed by atoms with van der Waals surface area (Å²) >= 11 is 0. The summed E-state index contributed by atoms with van der Waals surface area (Å²) in [6, 6.07) is 6.91. The summed E-state index contributed by atoms with van der Waals surface area (Å²) in [4.78, 5) is 23.1. The number of carbonyl (C=O) groups excluding carboxylic acids is 1. The molecule has 21 heavy (non-hydrogen) atoms. The van der Waals surface area contributed by atoms with Crippen LogP contribution in [0.5, 0.6) is 0 Å². The van der Waals surface area contributed by atoms with Crippen molar-refractivity contribution in [3.8, 4) is 0 Å². The Morgan fingerprint density at radius 3 is 2.95 bits per heavy atom. The predicted molar refractivity (Wildman–Crippen MR) is 77.2 cm³/mol. The van der Waals surface area contributed by atoms with E-state index in [2.05, 4.69) is 10.4 Å². The van der Waals surface area contributed by atoms with Crippen LogP contribution in [0.2, 0.25) is 0 Å². The molecule has 0 aliphatic rings. The Kier molecular flexibility index (Phi) is 4.65. The average Bonchev–Trinajstić information content (AvgIpc) is 2.45. The number of nitrogen functional groups attached to an aromatic ring is 1. The van der Waals surface area contributed by atoms with Crippen molar-refractivity contribution in [2.75, 3.05) is 11.1 Å². The van der Waals surface area contributed by atoms with Gasteiger partial charge < -0.3 is 11.1 Å². The van der Waals surface area contributed by atoms with Crippen LogP contribution in [0.1, 0.15) is 12.8 Å². The van der Waals surface area contributed by atoms with Crippen LogP contribution < -0.4 is 16.6 Å². The van der Waals surface area contributed by atoms with Crippen LogP contribution in [0.3, 0.4) is 0 Å². The third-order valence-electron chi connectivity index (χ3n) is 2.82. The van der Waals surface area contributed by atoms with E-state index in [4.69, 9.17) is 5.73 Å². The second kappa shape index (κ2) is 6.65. The van der Waals surface area contributed by atoms with Crippen LogP contribution in [0, 0.1) is 5.82 Å². The molecular formula is C14H15FN4O2. The van der Waals surface area contributed by atoms with Gasteiger partial charge in [-0.15, -0.1) is 0 Å². The molecule has 1 amide bonds. The third kappa shape index (κ3) is 4.13. The lowest BCUT2D eigenvalue weighted by molar-refractivity contribution is -0.116. The van der Waals surface area contributed by atoms with Crippen molar-refractivity contribution in [2.24, 2.45) is 0 Å². The number of hydrogen-bond acceptors (Lipinski definition) is 4. The summed E-state index contributed by atoms with van der Waals surface area (Å²) in [6.45, 7) is 0.326. The molecule has 0 atom stereocenters. The maximum atomic E-state index is 13.4. The largest absolute Gasteiger partial charge is 0.399 e. The Balaban J connectivity index is 1.87. The van der Waals surface area contributed by atoms with Gasteiger partial charge in [0.25, 0.3) is 5.56 Å². The van der Waals surface area contributed by atoms with Gasteiger partial charge in [-0.2, -0.15) is 5.10 Å².